The van der Waals surface area contributed by atoms with Crippen LogP contribution in [0.4, 0.5) is 0 Å². The zero-order valence-electron chi connectivity index (χ0n) is 4.05. The number of rotatable bonds is 1. The van der Waals surface area contributed by atoms with Crippen LogP contribution < -0.4 is 0 Å². The Kier molecular flexibility index (Phi) is 1.53. The molecule has 0 aromatic carbocycles. The maximum atomic E-state index is 8.11. The van der Waals surface area contributed by atoms with Gasteiger partial charge in [0.15, 0.2) is 0 Å². The van der Waals surface area contributed by atoms with E-state index in [9.17, 15) is 0 Å². The molecule has 0 aliphatic heterocycles. The fourth-order valence-corrected chi connectivity index (χ4v) is 0. The first kappa shape index (κ1) is 6.62. The Morgan fingerprint density at radius 2 is 1.57 bits per heavy atom. The van der Waals surface area contributed by atoms with E-state index in [0.29, 0.717) is 0 Å². The first-order chi connectivity index (χ1) is 2.94. The summed E-state index contributed by atoms with van der Waals surface area (Å²) in [5, 5.41) is 24.3. The topological polar surface area (TPSA) is 60.7 Å². The Hall–Kier alpha value is -0.380. The zero-order valence-corrected chi connectivity index (χ0v) is 4.05. The summed E-state index contributed by atoms with van der Waals surface area (Å²) in [5.74, 6) is -2.69. The van der Waals surface area contributed by atoms with Gasteiger partial charge in [-0.3, -0.25) is 0 Å². The van der Waals surface area contributed by atoms with E-state index in [-0.39, 0.29) is 5.57 Å². The zero-order chi connectivity index (χ0) is 6.08. The van der Waals surface area contributed by atoms with Gasteiger partial charge in [-0.2, -0.15) is 0 Å². The van der Waals surface area contributed by atoms with Crippen molar-refractivity contribution in [2.75, 3.05) is 0 Å². The maximum Gasteiger partial charge on any atom is 0.299 e. The first-order valence-electron chi connectivity index (χ1n) is 1.77. The molecule has 3 N–H and O–H groups in total. The quantitative estimate of drug-likeness (QED) is 0.301. The van der Waals surface area contributed by atoms with E-state index in [1.54, 1.807) is 0 Å². The summed E-state index contributed by atoms with van der Waals surface area (Å²) in [6.45, 7) is 4.38. The molecule has 0 fully saturated rings. The monoisotopic (exact) mass is 104 g/mol. The number of hydrogen-bond acceptors (Lipinski definition) is 3. The molecule has 0 heterocycles. The molecule has 7 heavy (non-hydrogen) atoms. The van der Waals surface area contributed by atoms with Gasteiger partial charge in [0, 0.05) is 5.57 Å². The SMILES string of the molecule is C=C(C)C(O)(O)O. The fraction of sp³-hybridized carbons (Fsp3) is 0.500. The second kappa shape index (κ2) is 1.61. The van der Waals surface area contributed by atoms with Crippen LogP contribution in [0.15, 0.2) is 12.2 Å². The molecule has 0 saturated carbocycles. The summed E-state index contributed by atoms with van der Waals surface area (Å²) in [4.78, 5) is 0. The Balaban J connectivity index is 3.79. The average Bonchev–Trinajstić information content (AvgIpc) is 1.31. The van der Waals surface area contributed by atoms with Crippen molar-refractivity contribution >= 4 is 0 Å². The normalized spacial score (nSPS) is 11.4. The van der Waals surface area contributed by atoms with Crippen molar-refractivity contribution in [3.05, 3.63) is 12.2 Å². The molecule has 0 rings (SSSR count). The van der Waals surface area contributed by atoms with E-state index in [1.165, 1.54) is 6.92 Å². The van der Waals surface area contributed by atoms with Gasteiger partial charge in [-0.1, -0.05) is 6.58 Å². The summed E-state index contributed by atoms with van der Waals surface area (Å²) >= 11 is 0. The summed E-state index contributed by atoms with van der Waals surface area (Å²) in [5.41, 5.74) is -0.0903. The maximum absolute atomic E-state index is 8.11. The summed E-state index contributed by atoms with van der Waals surface area (Å²) in [7, 11) is 0. The third kappa shape index (κ3) is 2.33. The lowest BCUT2D eigenvalue weighted by molar-refractivity contribution is -0.281. The minimum atomic E-state index is -2.69. The molecule has 0 unspecified atom stereocenters. The second-order valence-corrected chi connectivity index (χ2v) is 1.42. The van der Waals surface area contributed by atoms with E-state index < -0.39 is 5.97 Å². The van der Waals surface area contributed by atoms with Gasteiger partial charge in [0.05, 0.1) is 0 Å². The molecule has 3 heteroatoms. The van der Waals surface area contributed by atoms with E-state index in [4.69, 9.17) is 15.3 Å². The van der Waals surface area contributed by atoms with Crippen molar-refractivity contribution in [3.8, 4) is 0 Å². The van der Waals surface area contributed by atoms with Gasteiger partial charge >= 0.3 is 0 Å². The number of hydrogen-bond donors (Lipinski definition) is 3. The molecule has 0 aromatic rings. The first-order valence-corrected chi connectivity index (χ1v) is 1.77. The summed E-state index contributed by atoms with van der Waals surface area (Å²) in [6.07, 6.45) is 0. The number of aliphatic hydroxyl groups is 3. The highest BCUT2D eigenvalue weighted by atomic mass is 16.7. The molecule has 0 aliphatic carbocycles. The van der Waals surface area contributed by atoms with Gasteiger partial charge in [-0.15, -0.1) is 0 Å². The van der Waals surface area contributed by atoms with Crippen molar-refractivity contribution in [1.29, 1.82) is 0 Å². The van der Waals surface area contributed by atoms with Crippen LogP contribution in [0.5, 0.6) is 0 Å². The standard InChI is InChI=1S/C4H8O3/c1-3(2)4(5,6)7/h5-7H,1H2,2H3. The van der Waals surface area contributed by atoms with Gasteiger partial charge in [-0.25, -0.2) is 0 Å². The van der Waals surface area contributed by atoms with E-state index in [1.807, 2.05) is 0 Å². The van der Waals surface area contributed by atoms with E-state index >= 15 is 0 Å². The van der Waals surface area contributed by atoms with Crippen molar-refractivity contribution in [2.45, 2.75) is 12.9 Å². The third-order valence-corrected chi connectivity index (χ3v) is 0.573. The summed E-state index contributed by atoms with van der Waals surface area (Å²) in [6, 6.07) is 0. The largest absolute Gasteiger partial charge is 0.340 e. The smallest absolute Gasteiger partial charge is 0.299 e. The highest BCUT2D eigenvalue weighted by Crippen LogP contribution is 2.03. The lowest BCUT2D eigenvalue weighted by atomic mass is 10.3. The molecule has 0 aromatic heterocycles. The van der Waals surface area contributed by atoms with Crippen molar-refractivity contribution in [3.63, 3.8) is 0 Å². The fourth-order valence-electron chi connectivity index (χ4n) is 0. The molecule has 3 nitrogen and oxygen atoms in total. The van der Waals surface area contributed by atoms with Crippen LogP contribution in [0, 0.1) is 0 Å². The van der Waals surface area contributed by atoms with Crippen LogP contribution in [0.25, 0.3) is 0 Å². The Morgan fingerprint density at radius 3 is 1.57 bits per heavy atom. The van der Waals surface area contributed by atoms with E-state index in [0.717, 1.165) is 0 Å². The third-order valence-electron chi connectivity index (χ3n) is 0.573. The lowest BCUT2D eigenvalue weighted by Crippen LogP contribution is -2.27. The van der Waals surface area contributed by atoms with Crippen molar-refractivity contribution in [1.82, 2.24) is 0 Å². The minimum absolute atomic E-state index is 0.0903. The molecule has 0 amide bonds. The van der Waals surface area contributed by atoms with E-state index in [2.05, 4.69) is 6.58 Å². The van der Waals surface area contributed by atoms with Crippen molar-refractivity contribution < 1.29 is 15.3 Å². The molecule has 0 radical (unpaired) electrons. The lowest BCUT2D eigenvalue weighted by Gasteiger charge is -2.11. The Morgan fingerprint density at radius 1 is 1.43 bits per heavy atom. The van der Waals surface area contributed by atoms with Crippen LogP contribution in [0.3, 0.4) is 0 Å². The van der Waals surface area contributed by atoms with Gasteiger partial charge in [0.2, 0.25) is 0 Å². The van der Waals surface area contributed by atoms with Crippen LogP contribution in [-0.2, 0) is 0 Å². The highest BCUT2D eigenvalue weighted by Gasteiger charge is 2.17. The predicted octanol–water partition coefficient (Wildman–Crippen LogP) is -0.807. The van der Waals surface area contributed by atoms with Crippen molar-refractivity contribution in [2.24, 2.45) is 0 Å². The second-order valence-electron chi connectivity index (χ2n) is 1.42. The Bertz CT molecular complexity index is 79.4. The van der Waals surface area contributed by atoms with Crippen LogP contribution in [0.1, 0.15) is 6.92 Å². The molecule has 0 aliphatic rings. The van der Waals surface area contributed by atoms with Crippen LogP contribution in [0.2, 0.25) is 0 Å². The Labute approximate surface area is 41.5 Å². The molecule has 0 bridgehead atoms. The molecule has 42 valence electrons. The molecular formula is C4H8O3. The van der Waals surface area contributed by atoms with Gasteiger partial charge in [0.25, 0.3) is 5.97 Å². The molecule has 0 saturated heterocycles. The van der Waals surface area contributed by atoms with Crippen LogP contribution >= 0.6 is 0 Å². The van der Waals surface area contributed by atoms with Gasteiger partial charge in [0.1, 0.15) is 0 Å². The molecule has 0 atom stereocenters. The van der Waals surface area contributed by atoms with Gasteiger partial charge in [-0.05, 0) is 6.92 Å². The highest BCUT2D eigenvalue weighted by molar-refractivity contribution is 4.95. The van der Waals surface area contributed by atoms with Crippen LogP contribution in [-0.4, -0.2) is 21.3 Å². The molecular weight excluding hydrogens is 96.0 g/mol. The molecule has 0 spiro atoms. The minimum Gasteiger partial charge on any atom is -0.340 e. The average molecular weight is 104 g/mol. The predicted molar refractivity (Wildman–Crippen MR) is 24.2 cm³/mol. The summed E-state index contributed by atoms with van der Waals surface area (Å²) < 4.78 is 0. The van der Waals surface area contributed by atoms with Gasteiger partial charge < -0.3 is 15.3 Å².